The van der Waals surface area contributed by atoms with Crippen LogP contribution in [0.2, 0.25) is 0 Å². The van der Waals surface area contributed by atoms with Gasteiger partial charge in [-0.15, -0.1) is 0 Å². The van der Waals surface area contributed by atoms with Crippen LogP contribution in [0.4, 0.5) is 10.5 Å². The second-order valence-electron chi connectivity index (χ2n) is 13.1. The number of amides is 1. The number of nitrogens with zero attached hydrogens (tertiary/aromatic N) is 2. The fourth-order valence-electron chi connectivity index (χ4n) is 6.62. The van der Waals surface area contributed by atoms with Gasteiger partial charge in [0.05, 0.1) is 5.69 Å². The first-order valence-electron chi connectivity index (χ1n) is 17.0. The van der Waals surface area contributed by atoms with Gasteiger partial charge >= 0.3 is 6.09 Å². The van der Waals surface area contributed by atoms with E-state index < -0.39 is 5.60 Å². The average Bonchev–Trinajstić information content (AvgIpc) is 3.06. The van der Waals surface area contributed by atoms with Gasteiger partial charge in [0, 0.05) is 24.7 Å². The Hall–Kier alpha value is -3.67. The number of hydrogen-bond acceptors (Lipinski definition) is 4. The predicted octanol–water partition coefficient (Wildman–Crippen LogP) is 9.94. The molecule has 0 radical (unpaired) electrons. The zero-order valence-corrected chi connectivity index (χ0v) is 27.5. The third kappa shape index (κ3) is 9.18. The van der Waals surface area contributed by atoms with E-state index in [4.69, 9.17) is 4.74 Å². The maximum absolute atomic E-state index is 12.9. The van der Waals surface area contributed by atoms with E-state index in [0.717, 1.165) is 55.8 Å². The molecular weight excluding hydrogens is 554 g/mol. The SMILES string of the molecule is C[C@H](c1cccc2ccccc12)N(C)CCCCCCCCN1CCC(C)(OC(=O)Nc2ccccc2-c2ccccc2)CC1. The number of ether oxygens (including phenoxy) is 1. The largest absolute Gasteiger partial charge is 0.443 e. The Morgan fingerprint density at radius 2 is 1.47 bits per heavy atom. The number of benzene rings is 4. The van der Waals surface area contributed by atoms with Crippen LogP contribution in [0, 0.1) is 0 Å². The lowest BCUT2D eigenvalue weighted by molar-refractivity contribution is -0.0163. The van der Waals surface area contributed by atoms with Crippen molar-refractivity contribution in [1.82, 2.24) is 9.80 Å². The highest BCUT2D eigenvalue weighted by Crippen LogP contribution is 2.31. The minimum absolute atomic E-state index is 0.372. The molecule has 0 saturated carbocycles. The van der Waals surface area contributed by atoms with E-state index in [9.17, 15) is 4.79 Å². The summed E-state index contributed by atoms with van der Waals surface area (Å²) in [5.41, 5.74) is 3.84. The summed E-state index contributed by atoms with van der Waals surface area (Å²) in [5.74, 6) is 0. The number of hydrogen-bond donors (Lipinski definition) is 1. The molecule has 5 heteroatoms. The van der Waals surface area contributed by atoms with Gasteiger partial charge in [-0.3, -0.25) is 10.2 Å². The molecule has 0 aromatic heterocycles. The van der Waals surface area contributed by atoms with Crippen LogP contribution in [-0.4, -0.2) is 54.7 Å². The Kier molecular flexibility index (Phi) is 11.7. The fourth-order valence-corrected chi connectivity index (χ4v) is 6.62. The Morgan fingerprint density at radius 3 is 2.27 bits per heavy atom. The van der Waals surface area contributed by atoms with Crippen molar-refractivity contribution in [1.29, 1.82) is 0 Å². The van der Waals surface area contributed by atoms with E-state index >= 15 is 0 Å². The number of rotatable bonds is 14. The molecular formula is C40H51N3O2. The first-order chi connectivity index (χ1) is 21.9. The molecule has 1 saturated heterocycles. The zero-order valence-electron chi connectivity index (χ0n) is 27.5. The van der Waals surface area contributed by atoms with Gasteiger partial charge in [0.15, 0.2) is 0 Å². The molecule has 5 rings (SSSR count). The number of nitrogens with one attached hydrogen (secondary N) is 1. The highest BCUT2D eigenvalue weighted by atomic mass is 16.6. The molecule has 4 aromatic carbocycles. The van der Waals surface area contributed by atoms with E-state index in [2.05, 4.69) is 90.6 Å². The highest BCUT2D eigenvalue weighted by Gasteiger charge is 2.33. The van der Waals surface area contributed by atoms with Crippen molar-refractivity contribution in [2.45, 2.75) is 76.9 Å². The van der Waals surface area contributed by atoms with E-state index in [1.54, 1.807) is 0 Å². The van der Waals surface area contributed by atoms with Crippen molar-refractivity contribution < 1.29 is 9.53 Å². The lowest BCUT2D eigenvalue weighted by Crippen LogP contribution is -2.46. The third-order valence-electron chi connectivity index (χ3n) is 9.67. The van der Waals surface area contributed by atoms with Crippen LogP contribution in [0.15, 0.2) is 97.1 Å². The smallest absolute Gasteiger partial charge is 0.412 e. The molecule has 1 aliphatic rings. The fraction of sp³-hybridized carbons (Fsp3) is 0.425. The molecule has 0 bridgehead atoms. The van der Waals surface area contributed by atoms with Crippen LogP contribution in [0.3, 0.4) is 0 Å². The Bertz CT molecular complexity index is 1490. The van der Waals surface area contributed by atoms with Crippen LogP contribution >= 0.6 is 0 Å². The van der Waals surface area contributed by atoms with Crippen LogP contribution in [-0.2, 0) is 4.74 Å². The van der Waals surface area contributed by atoms with Crippen molar-refractivity contribution in [3.63, 3.8) is 0 Å². The first-order valence-corrected chi connectivity index (χ1v) is 17.0. The van der Waals surface area contributed by atoms with E-state index in [-0.39, 0.29) is 6.09 Å². The van der Waals surface area contributed by atoms with Crippen molar-refractivity contribution in [2.75, 3.05) is 38.5 Å². The molecule has 0 unspecified atom stereocenters. The summed E-state index contributed by atoms with van der Waals surface area (Å²) in [6.07, 6.45) is 9.06. The summed E-state index contributed by atoms with van der Waals surface area (Å²) in [6.45, 7) is 8.64. The Morgan fingerprint density at radius 1 is 0.822 bits per heavy atom. The number of fused-ring (bicyclic) bond motifs is 1. The Balaban J connectivity index is 0.939. The van der Waals surface area contributed by atoms with Crippen molar-refractivity contribution in [3.05, 3.63) is 103 Å². The molecule has 238 valence electrons. The molecule has 1 amide bonds. The second-order valence-corrected chi connectivity index (χ2v) is 13.1. The van der Waals surface area contributed by atoms with Crippen LogP contribution in [0.5, 0.6) is 0 Å². The van der Waals surface area contributed by atoms with Crippen molar-refractivity contribution >= 4 is 22.6 Å². The molecule has 1 heterocycles. The predicted molar refractivity (Wildman–Crippen MR) is 189 cm³/mol. The standard InChI is InChI=1S/C40H51N3O2/c1-32(35-24-17-21-33-20-11-12-22-36(33)35)42(3)28-15-6-4-5-7-16-29-43-30-26-40(2,27-31-43)45-39(44)41-38-25-14-13-23-37(38)34-18-9-8-10-19-34/h8-14,17-25,32H,4-7,15-16,26-31H2,1-3H3,(H,41,44)/t32-/m1/s1. The maximum atomic E-state index is 12.9. The number of anilines is 1. The summed E-state index contributed by atoms with van der Waals surface area (Å²) in [5, 5.41) is 5.70. The number of carbonyl (C=O) groups excluding carboxylic acids is 1. The van der Waals surface area contributed by atoms with E-state index in [1.807, 2.05) is 42.5 Å². The minimum Gasteiger partial charge on any atom is -0.443 e. The summed E-state index contributed by atoms with van der Waals surface area (Å²) in [6, 6.07) is 33.8. The lowest BCUT2D eigenvalue weighted by Gasteiger charge is -2.38. The number of para-hydroxylation sites is 1. The molecule has 5 nitrogen and oxygen atoms in total. The maximum Gasteiger partial charge on any atom is 0.412 e. The molecule has 45 heavy (non-hydrogen) atoms. The van der Waals surface area contributed by atoms with Crippen molar-refractivity contribution in [2.24, 2.45) is 0 Å². The second kappa shape index (κ2) is 16.1. The number of likely N-dealkylation sites (tertiary alicyclic amines) is 1. The topological polar surface area (TPSA) is 44.8 Å². The molecule has 1 atom stereocenters. The number of unbranched alkanes of at least 4 members (excludes halogenated alkanes) is 5. The minimum atomic E-state index is -0.430. The molecule has 1 N–H and O–H groups in total. The van der Waals surface area contributed by atoms with Gasteiger partial charge < -0.3 is 9.64 Å². The van der Waals surface area contributed by atoms with Crippen molar-refractivity contribution in [3.8, 4) is 11.1 Å². The molecule has 0 spiro atoms. The molecule has 1 fully saturated rings. The highest BCUT2D eigenvalue weighted by molar-refractivity contribution is 5.91. The van der Waals surface area contributed by atoms with E-state index in [0.29, 0.717) is 6.04 Å². The zero-order chi connectivity index (χ0) is 31.5. The van der Waals surface area contributed by atoms with Crippen LogP contribution in [0.1, 0.15) is 76.8 Å². The summed E-state index contributed by atoms with van der Waals surface area (Å²) in [7, 11) is 2.26. The number of piperidine rings is 1. The first kappa shape index (κ1) is 32.7. The van der Waals surface area contributed by atoms with Gasteiger partial charge in [0.1, 0.15) is 5.60 Å². The van der Waals surface area contributed by atoms with Gasteiger partial charge in [0.2, 0.25) is 0 Å². The molecule has 4 aromatic rings. The number of carbonyl (C=O) groups is 1. The van der Waals surface area contributed by atoms with Gasteiger partial charge in [-0.25, -0.2) is 4.79 Å². The van der Waals surface area contributed by atoms with Gasteiger partial charge in [0.25, 0.3) is 0 Å². The summed E-state index contributed by atoms with van der Waals surface area (Å²) < 4.78 is 6.00. The quantitative estimate of drug-likeness (QED) is 0.145. The lowest BCUT2D eigenvalue weighted by atomic mass is 9.93. The third-order valence-corrected chi connectivity index (χ3v) is 9.67. The molecule has 1 aliphatic heterocycles. The van der Waals surface area contributed by atoms with Gasteiger partial charge in [-0.2, -0.15) is 0 Å². The monoisotopic (exact) mass is 605 g/mol. The Labute approximate surface area is 270 Å². The van der Waals surface area contributed by atoms with Gasteiger partial charge in [-0.05, 0) is 87.6 Å². The van der Waals surface area contributed by atoms with Gasteiger partial charge in [-0.1, -0.05) is 117 Å². The van der Waals surface area contributed by atoms with Crippen LogP contribution < -0.4 is 5.32 Å². The average molecular weight is 606 g/mol. The summed E-state index contributed by atoms with van der Waals surface area (Å²) in [4.78, 5) is 17.9. The van der Waals surface area contributed by atoms with E-state index in [1.165, 1.54) is 54.9 Å². The normalized spacial score (nSPS) is 15.6. The van der Waals surface area contributed by atoms with Crippen LogP contribution in [0.25, 0.3) is 21.9 Å². The summed E-state index contributed by atoms with van der Waals surface area (Å²) >= 11 is 0. The molecule has 0 aliphatic carbocycles.